The largest absolute Gasteiger partial charge is 0.444 e. The van der Waals surface area contributed by atoms with Crippen LogP contribution < -0.4 is 0 Å². The van der Waals surface area contributed by atoms with E-state index in [9.17, 15) is 9.59 Å². The lowest BCUT2D eigenvalue weighted by Gasteiger charge is -2.34. The van der Waals surface area contributed by atoms with Crippen molar-refractivity contribution in [3.05, 3.63) is 60.9 Å². The number of benzene rings is 2. The topological polar surface area (TPSA) is 94.7 Å². The number of ether oxygens (including phenoxy) is 2. The Kier molecular flexibility index (Phi) is 6.75. The van der Waals surface area contributed by atoms with Gasteiger partial charge in [-0.2, -0.15) is 10.2 Å². The molecule has 1 fully saturated rings. The van der Waals surface area contributed by atoms with Gasteiger partial charge in [0.05, 0.1) is 36.5 Å². The smallest absolute Gasteiger partial charge is 0.410 e. The average molecular weight is 491 g/mol. The van der Waals surface area contributed by atoms with Crippen molar-refractivity contribution in [3.63, 3.8) is 0 Å². The summed E-state index contributed by atoms with van der Waals surface area (Å²) >= 11 is 0. The molecule has 1 saturated heterocycles. The molecule has 36 heavy (non-hydrogen) atoms. The van der Waals surface area contributed by atoms with Crippen molar-refractivity contribution in [2.45, 2.75) is 39.1 Å². The summed E-state index contributed by atoms with van der Waals surface area (Å²) in [6.07, 6.45) is 2.16. The monoisotopic (exact) mass is 490 g/mol. The van der Waals surface area contributed by atoms with Crippen molar-refractivity contribution in [2.75, 3.05) is 26.2 Å². The standard InChI is InChI=1S/C26H30N6O4/c1-19(17-31-23-9-5-3-7-21(23)15-27-31)35-25(33)29-11-13-30(14-12-29)26(34)36-20(2)18-32-24-10-6-4-8-22(24)16-28-32/h3-10,15-16,19-20H,11-14,17-18H2,1-2H3/t19-,20-/m1/s1. The van der Waals surface area contributed by atoms with Crippen molar-refractivity contribution in [2.24, 2.45) is 0 Å². The maximum Gasteiger partial charge on any atom is 0.410 e. The molecule has 4 aromatic rings. The second-order valence-corrected chi connectivity index (χ2v) is 9.13. The number of carbonyl (C=O) groups excluding carboxylic acids is 2. The average Bonchev–Trinajstić information content (AvgIpc) is 3.48. The quantitative estimate of drug-likeness (QED) is 0.409. The molecule has 1 aliphatic rings. The van der Waals surface area contributed by atoms with Crippen molar-refractivity contribution < 1.29 is 19.1 Å². The number of piperazine rings is 1. The summed E-state index contributed by atoms with van der Waals surface area (Å²) in [6.45, 7) is 6.21. The van der Waals surface area contributed by atoms with Crippen LogP contribution in [0.3, 0.4) is 0 Å². The van der Waals surface area contributed by atoms with Crippen LogP contribution in [0.4, 0.5) is 9.59 Å². The Hall–Kier alpha value is -4.08. The van der Waals surface area contributed by atoms with Crippen LogP contribution in [0.25, 0.3) is 21.8 Å². The number of amides is 2. The van der Waals surface area contributed by atoms with Crippen molar-refractivity contribution in [1.82, 2.24) is 29.4 Å². The number of aromatic nitrogens is 4. The molecular weight excluding hydrogens is 460 g/mol. The van der Waals surface area contributed by atoms with Crippen LogP contribution in [-0.4, -0.2) is 79.9 Å². The lowest BCUT2D eigenvalue weighted by molar-refractivity contribution is 0.0298. The molecule has 2 atom stereocenters. The zero-order valence-corrected chi connectivity index (χ0v) is 20.5. The van der Waals surface area contributed by atoms with E-state index in [4.69, 9.17) is 9.47 Å². The van der Waals surface area contributed by atoms with E-state index in [2.05, 4.69) is 10.2 Å². The van der Waals surface area contributed by atoms with E-state index in [-0.39, 0.29) is 24.4 Å². The minimum atomic E-state index is -0.383. The number of rotatable bonds is 6. The second-order valence-electron chi connectivity index (χ2n) is 9.13. The van der Waals surface area contributed by atoms with Gasteiger partial charge in [0.2, 0.25) is 0 Å². The number of carbonyl (C=O) groups is 2. The molecule has 0 bridgehead atoms. The first-order valence-electron chi connectivity index (χ1n) is 12.2. The molecule has 0 spiro atoms. The van der Waals surface area contributed by atoms with Gasteiger partial charge >= 0.3 is 12.2 Å². The summed E-state index contributed by atoms with van der Waals surface area (Å²) in [4.78, 5) is 28.6. The first-order chi connectivity index (χ1) is 17.5. The van der Waals surface area contributed by atoms with Crippen LogP contribution >= 0.6 is 0 Å². The van der Waals surface area contributed by atoms with E-state index in [1.165, 1.54) is 0 Å². The van der Waals surface area contributed by atoms with Gasteiger partial charge in [0.25, 0.3) is 0 Å². The van der Waals surface area contributed by atoms with E-state index < -0.39 is 0 Å². The molecule has 2 aromatic heterocycles. The van der Waals surface area contributed by atoms with Crippen LogP contribution in [-0.2, 0) is 22.6 Å². The summed E-state index contributed by atoms with van der Waals surface area (Å²) in [6, 6.07) is 15.8. The van der Waals surface area contributed by atoms with Gasteiger partial charge in [0.15, 0.2) is 0 Å². The van der Waals surface area contributed by atoms with Crippen molar-refractivity contribution in [1.29, 1.82) is 0 Å². The van der Waals surface area contributed by atoms with Gasteiger partial charge in [0.1, 0.15) is 12.2 Å². The molecule has 10 heteroatoms. The van der Waals surface area contributed by atoms with E-state index in [0.29, 0.717) is 39.3 Å². The second kappa shape index (κ2) is 10.3. The SMILES string of the molecule is C[C@H](Cn1ncc2ccccc21)OC(=O)N1CCN(C(=O)O[C@H](C)Cn2ncc3ccccc32)CC1. The molecular formula is C26H30N6O4. The molecule has 10 nitrogen and oxygen atoms in total. The summed E-state index contributed by atoms with van der Waals surface area (Å²) in [7, 11) is 0. The third-order valence-corrected chi connectivity index (χ3v) is 6.36. The van der Waals surface area contributed by atoms with Gasteiger partial charge in [0, 0.05) is 37.0 Å². The molecule has 5 rings (SSSR count). The van der Waals surface area contributed by atoms with Crippen molar-refractivity contribution >= 4 is 34.0 Å². The molecule has 0 radical (unpaired) electrons. The third-order valence-electron chi connectivity index (χ3n) is 6.36. The first kappa shape index (κ1) is 23.7. The Balaban J connectivity index is 1.07. The highest BCUT2D eigenvalue weighted by molar-refractivity contribution is 5.79. The van der Waals surface area contributed by atoms with Crippen LogP contribution in [0.2, 0.25) is 0 Å². The number of para-hydroxylation sites is 2. The maximum absolute atomic E-state index is 12.7. The highest BCUT2D eigenvalue weighted by Gasteiger charge is 2.28. The fourth-order valence-electron chi connectivity index (χ4n) is 4.47. The predicted octanol–water partition coefficient (Wildman–Crippen LogP) is 3.75. The molecule has 0 aliphatic carbocycles. The Morgan fingerprint density at radius 2 is 1.11 bits per heavy atom. The fourth-order valence-corrected chi connectivity index (χ4v) is 4.47. The summed E-state index contributed by atoms with van der Waals surface area (Å²) < 4.78 is 15.0. The minimum Gasteiger partial charge on any atom is -0.444 e. The minimum absolute atomic E-state index is 0.344. The van der Waals surface area contributed by atoms with Gasteiger partial charge in [-0.1, -0.05) is 36.4 Å². The molecule has 0 N–H and O–H groups in total. The van der Waals surface area contributed by atoms with Gasteiger partial charge in [-0.3, -0.25) is 9.36 Å². The lowest BCUT2D eigenvalue weighted by atomic mass is 10.2. The molecule has 0 unspecified atom stereocenters. The zero-order valence-electron chi connectivity index (χ0n) is 20.5. The zero-order chi connectivity index (χ0) is 25.1. The van der Waals surface area contributed by atoms with E-state index in [1.807, 2.05) is 71.7 Å². The van der Waals surface area contributed by atoms with Gasteiger partial charge in [-0.05, 0) is 26.0 Å². The number of fused-ring (bicyclic) bond motifs is 2. The van der Waals surface area contributed by atoms with Gasteiger partial charge < -0.3 is 19.3 Å². The van der Waals surface area contributed by atoms with E-state index >= 15 is 0 Å². The highest BCUT2D eigenvalue weighted by Crippen LogP contribution is 2.16. The summed E-state index contributed by atoms with van der Waals surface area (Å²) in [5.74, 6) is 0. The molecule has 2 aromatic carbocycles. The van der Waals surface area contributed by atoms with Crippen molar-refractivity contribution in [3.8, 4) is 0 Å². The molecule has 3 heterocycles. The number of hydrogen-bond donors (Lipinski definition) is 0. The Morgan fingerprint density at radius 3 is 1.53 bits per heavy atom. The number of nitrogens with zero attached hydrogens (tertiary/aromatic N) is 6. The van der Waals surface area contributed by atoms with Crippen LogP contribution in [0.1, 0.15) is 13.8 Å². The Morgan fingerprint density at radius 1 is 0.722 bits per heavy atom. The lowest BCUT2D eigenvalue weighted by Crippen LogP contribution is -2.51. The maximum atomic E-state index is 12.7. The van der Waals surface area contributed by atoms with Gasteiger partial charge in [-0.25, -0.2) is 9.59 Å². The van der Waals surface area contributed by atoms with Crippen LogP contribution in [0.15, 0.2) is 60.9 Å². The normalized spacial score (nSPS) is 15.7. The summed E-state index contributed by atoms with van der Waals surface area (Å²) in [5.41, 5.74) is 2.00. The number of hydrogen-bond acceptors (Lipinski definition) is 6. The molecule has 2 amide bonds. The first-order valence-corrected chi connectivity index (χ1v) is 12.2. The van der Waals surface area contributed by atoms with Gasteiger partial charge in [-0.15, -0.1) is 0 Å². The molecule has 188 valence electrons. The highest BCUT2D eigenvalue weighted by atomic mass is 16.6. The van der Waals surface area contributed by atoms with Crippen LogP contribution in [0, 0.1) is 0 Å². The Bertz CT molecular complexity index is 1250. The van der Waals surface area contributed by atoms with E-state index in [1.54, 1.807) is 22.2 Å². The molecule has 1 aliphatic heterocycles. The summed E-state index contributed by atoms with van der Waals surface area (Å²) in [5, 5.41) is 10.9. The van der Waals surface area contributed by atoms with E-state index in [0.717, 1.165) is 21.8 Å². The third kappa shape index (κ3) is 5.12. The molecule has 0 saturated carbocycles. The van der Waals surface area contributed by atoms with Crippen LogP contribution in [0.5, 0.6) is 0 Å². The Labute approximate surface area is 209 Å². The predicted molar refractivity (Wildman–Crippen MR) is 134 cm³/mol. The fraction of sp³-hybridized carbons (Fsp3) is 0.385.